The number of anilines is 1. The molecule has 0 radical (unpaired) electrons. The fourth-order valence-corrected chi connectivity index (χ4v) is 2.36. The van der Waals surface area contributed by atoms with E-state index in [4.69, 9.17) is 17.3 Å². The summed E-state index contributed by atoms with van der Waals surface area (Å²) in [7, 11) is 0. The van der Waals surface area contributed by atoms with Gasteiger partial charge in [0.1, 0.15) is 0 Å². The molecule has 88 valence electrons. The molecular formula is C12H18ClN3. The number of halogens is 1. The number of para-hydroxylation sites is 1. The number of piperazine rings is 1. The molecule has 16 heavy (non-hydrogen) atoms. The summed E-state index contributed by atoms with van der Waals surface area (Å²) >= 11 is 6.18. The highest BCUT2D eigenvalue weighted by Crippen LogP contribution is 2.25. The highest BCUT2D eigenvalue weighted by molar-refractivity contribution is 6.33. The Morgan fingerprint density at radius 2 is 1.81 bits per heavy atom. The number of rotatable bonds is 3. The molecule has 0 spiro atoms. The van der Waals surface area contributed by atoms with Gasteiger partial charge < -0.3 is 10.6 Å². The first-order chi connectivity index (χ1) is 7.81. The van der Waals surface area contributed by atoms with E-state index in [1.165, 1.54) is 0 Å². The van der Waals surface area contributed by atoms with E-state index in [2.05, 4.69) is 15.9 Å². The van der Waals surface area contributed by atoms with Crippen molar-refractivity contribution in [1.29, 1.82) is 0 Å². The zero-order chi connectivity index (χ0) is 11.4. The van der Waals surface area contributed by atoms with E-state index in [1.807, 2.05) is 18.2 Å². The lowest BCUT2D eigenvalue weighted by atomic mass is 10.2. The molecule has 1 aliphatic heterocycles. The Hall–Kier alpha value is -0.770. The van der Waals surface area contributed by atoms with Gasteiger partial charge in [-0.25, -0.2) is 0 Å². The van der Waals surface area contributed by atoms with E-state index in [1.54, 1.807) is 0 Å². The molecule has 0 saturated carbocycles. The Morgan fingerprint density at radius 3 is 2.44 bits per heavy atom. The van der Waals surface area contributed by atoms with Crippen LogP contribution in [0.1, 0.15) is 0 Å². The fourth-order valence-electron chi connectivity index (χ4n) is 2.10. The smallest absolute Gasteiger partial charge is 0.0639 e. The molecule has 2 rings (SSSR count). The maximum atomic E-state index is 6.18. The monoisotopic (exact) mass is 239 g/mol. The van der Waals surface area contributed by atoms with Crippen molar-refractivity contribution in [3.05, 3.63) is 29.3 Å². The lowest BCUT2D eigenvalue weighted by molar-refractivity contribution is 0.265. The molecule has 0 bridgehead atoms. The minimum absolute atomic E-state index is 0.742. The van der Waals surface area contributed by atoms with Crippen molar-refractivity contribution in [2.24, 2.45) is 5.73 Å². The lowest BCUT2D eigenvalue weighted by Crippen LogP contribution is -2.47. The molecule has 1 aliphatic rings. The number of nitrogens with zero attached hydrogens (tertiary/aromatic N) is 2. The highest BCUT2D eigenvalue weighted by atomic mass is 35.5. The zero-order valence-electron chi connectivity index (χ0n) is 9.40. The number of nitrogens with two attached hydrogens (primary N) is 1. The van der Waals surface area contributed by atoms with Crippen LogP contribution < -0.4 is 10.6 Å². The molecule has 0 unspecified atom stereocenters. The molecular weight excluding hydrogens is 222 g/mol. The standard InChI is InChI=1S/C12H18ClN3/c13-11-3-1-2-4-12(11)16-9-7-15(6-5-14)8-10-16/h1-4H,5-10,14H2. The van der Waals surface area contributed by atoms with Gasteiger partial charge in [0.25, 0.3) is 0 Å². The molecule has 0 atom stereocenters. The zero-order valence-corrected chi connectivity index (χ0v) is 10.2. The van der Waals surface area contributed by atoms with Crippen LogP contribution in [0.3, 0.4) is 0 Å². The SMILES string of the molecule is NCCN1CCN(c2ccccc2Cl)CC1. The van der Waals surface area contributed by atoms with Gasteiger partial charge in [-0.2, -0.15) is 0 Å². The molecule has 1 aromatic rings. The van der Waals surface area contributed by atoms with E-state index in [0.717, 1.165) is 50.0 Å². The Kier molecular flexibility index (Phi) is 4.04. The molecule has 1 heterocycles. The fraction of sp³-hybridized carbons (Fsp3) is 0.500. The van der Waals surface area contributed by atoms with E-state index in [9.17, 15) is 0 Å². The Bertz CT molecular complexity index is 335. The maximum Gasteiger partial charge on any atom is 0.0639 e. The van der Waals surface area contributed by atoms with E-state index >= 15 is 0 Å². The number of benzene rings is 1. The number of hydrogen-bond donors (Lipinski definition) is 1. The van der Waals surface area contributed by atoms with Crippen molar-refractivity contribution in [1.82, 2.24) is 4.90 Å². The normalized spacial score (nSPS) is 17.8. The second kappa shape index (κ2) is 5.53. The van der Waals surface area contributed by atoms with Crippen LogP contribution in [0.4, 0.5) is 5.69 Å². The molecule has 1 saturated heterocycles. The van der Waals surface area contributed by atoms with Crippen LogP contribution in [-0.4, -0.2) is 44.2 Å². The van der Waals surface area contributed by atoms with Gasteiger partial charge in [-0.3, -0.25) is 4.90 Å². The minimum Gasteiger partial charge on any atom is -0.368 e. The molecule has 0 amide bonds. The third-order valence-corrected chi connectivity index (χ3v) is 3.33. The lowest BCUT2D eigenvalue weighted by Gasteiger charge is -2.36. The van der Waals surface area contributed by atoms with Crippen LogP contribution in [0.25, 0.3) is 0 Å². The first kappa shape index (κ1) is 11.7. The molecule has 2 N–H and O–H groups in total. The molecule has 4 heteroatoms. The van der Waals surface area contributed by atoms with Crippen molar-refractivity contribution in [2.45, 2.75) is 0 Å². The van der Waals surface area contributed by atoms with Crippen molar-refractivity contribution < 1.29 is 0 Å². The quantitative estimate of drug-likeness (QED) is 0.866. The maximum absolute atomic E-state index is 6.18. The Labute approximate surface area is 102 Å². The molecule has 3 nitrogen and oxygen atoms in total. The second-order valence-electron chi connectivity index (χ2n) is 4.07. The Balaban J connectivity index is 1.96. The largest absolute Gasteiger partial charge is 0.368 e. The van der Waals surface area contributed by atoms with Crippen LogP contribution in [0.5, 0.6) is 0 Å². The van der Waals surface area contributed by atoms with Gasteiger partial charge in [0.2, 0.25) is 0 Å². The average Bonchev–Trinajstić information content (AvgIpc) is 2.31. The van der Waals surface area contributed by atoms with E-state index in [-0.39, 0.29) is 0 Å². The summed E-state index contributed by atoms with van der Waals surface area (Å²) < 4.78 is 0. The summed E-state index contributed by atoms with van der Waals surface area (Å²) in [5.41, 5.74) is 6.70. The molecule has 0 aromatic heterocycles. The van der Waals surface area contributed by atoms with Crippen LogP contribution in [-0.2, 0) is 0 Å². The van der Waals surface area contributed by atoms with Crippen LogP contribution in [0.15, 0.2) is 24.3 Å². The van der Waals surface area contributed by atoms with E-state index < -0.39 is 0 Å². The summed E-state index contributed by atoms with van der Waals surface area (Å²) in [5.74, 6) is 0. The minimum atomic E-state index is 0.742. The summed E-state index contributed by atoms with van der Waals surface area (Å²) in [6.45, 7) is 5.95. The predicted molar refractivity (Wildman–Crippen MR) is 69.2 cm³/mol. The molecule has 1 fully saturated rings. The van der Waals surface area contributed by atoms with Crippen molar-refractivity contribution >= 4 is 17.3 Å². The molecule has 0 aliphatic carbocycles. The van der Waals surface area contributed by atoms with Crippen molar-refractivity contribution in [2.75, 3.05) is 44.2 Å². The third kappa shape index (κ3) is 2.67. The molecule has 1 aromatic carbocycles. The highest BCUT2D eigenvalue weighted by Gasteiger charge is 2.17. The van der Waals surface area contributed by atoms with Crippen LogP contribution in [0, 0.1) is 0 Å². The average molecular weight is 240 g/mol. The summed E-state index contributed by atoms with van der Waals surface area (Å²) in [6.07, 6.45) is 0. The van der Waals surface area contributed by atoms with Crippen molar-refractivity contribution in [3.8, 4) is 0 Å². The van der Waals surface area contributed by atoms with Gasteiger partial charge in [-0.1, -0.05) is 23.7 Å². The summed E-state index contributed by atoms with van der Waals surface area (Å²) in [4.78, 5) is 4.74. The van der Waals surface area contributed by atoms with Gasteiger partial charge in [-0.05, 0) is 12.1 Å². The van der Waals surface area contributed by atoms with Crippen molar-refractivity contribution in [3.63, 3.8) is 0 Å². The third-order valence-electron chi connectivity index (χ3n) is 3.01. The van der Waals surface area contributed by atoms with Gasteiger partial charge in [0, 0.05) is 39.3 Å². The summed E-state index contributed by atoms with van der Waals surface area (Å²) in [6, 6.07) is 8.04. The number of hydrogen-bond acceptors (Lipinski definition) is 3. The van der Waals surface area contributed by atoms with Gasteiger partial charge in [0.15, 0.2) is 0 Å². The van der Waals surface area contributed by atoms with Crippen LogP contribution in [0.2, 0.25) is 5.02 Å². The Morgan fingerprint density at radius 1 is 1.12 bits per heavy atom. The second-order valence-corrected chi connectivity index (χ2v) is 4.48. The predicted octanol–water partition coefficient (Wildman–Crippen LogP) is 1.42. The van der Waals surface area contributed by atoms with Gasteiger partial charge in [0.05, 0.1) is 10.7 Å². The first-order valence-corrected chi connectivity index (χ1v) is 6.11. The van der Waals surface area contributed by atoms with E-state index in [0.29, 0.717) is 0 Å². The van der Waals surface area contributed by atoms with Gasteiger partial charge in [-0.15, -0.1) is 0 Å². The topological polar surface area (TPSA) is 32.5 Å². The summed E-state index contributed by atoms with van der Waals surface area (Å²) in [5, 5.41) is 0.842. The first-order valence-electron chi connectivity index (χ1n) is 5.73. The van der Waals surface area contributed by atoms with Crippen LogP contribution >= 0.6 is 11.6 Å². The van der Waals surface area contributed by atoms with Gasteiger partial charge >= 0.3 is 0 Å².